The predicted molar refractivity (Wildman–Crippen MR) is 255 cm³/mol. The number of nitrogens with zero attached hydrogens (tertiary/aromatic N) is 1. The number of ketones is 2. The van der Waals surface area contributed by atoms with E-state index < -0.39 is 77.8 Å². The van der Waals surface area contributed by atoms with Crippen LogP contribution in [0.2, 0.25) is 0 Å². The average molecular weight is 953 g/mol. The number of amides is 2. The van der Waals surface area contributed by atoms with E-state index in [1.807, 2.05) is 63.3 Å². The van der Waals surface area contributed by atoms with Crippen LogP contribution in [0.1, 0.15) is 118 Å². The van der Waals surface area contributed by atoms with E-state index >= 15 is 0 Å². The van der Waals surface area contributed by atoms with Crippen molar-refractivity contribution in [1.82, 2.24) is 10.2 Å². The molecule has 2 saturated heterocycles. The van der Waals surface area contributed by atoms with Gasteiger partial charge in [-0.05, 0) is 107 Å². The average Bonchev–Trinajstić information content (AvgIpc) is 3.33. The molecule has 1 saturated carbocycles. The summed E-state index contributed by atoms with van der Waals surface area (Å²) in [7, 11) is 4.68. The number of piperidine rings is 1. The van der Waals surface area contributed by atoms with Gasteiger partial charge in [0.2, 0.25) is 11.7 Å². The monoisotopic (exact) mass is 953 g/mol. The highest BCUT2D eigenvalue weighted by atomic mass is 16.7. The molecular formula is C53H80N2O13. The van der Waals surface area contributed by atoms with E-state index in [2.05, 4.69) is 12.2 Å². The predicted octanol–water partition coefficient (Wildman–Crippen LogP) is 5.86. The molecule has 0 spiro atoms. The molecular weight excluding hydrogens is 873 g/mol. The molecule has 1 aromatic rings. The first kappa shape index (κ1) is 55.1. The van der Waals surface area contributed by atoms with Gasteiger partial charge in [-0.2, -0.15) is 0 Å². The van der Waals surface area contributed by atoms with Crippen LogP contribution in [0.3, 0.4) is 0 Å². The molecule has 3 heterocycles. The molecule has 1 aromatic carbocycles. The molecule has 5 rings (SSSR count). The number of benzene rings is 1. The summed E-state index contributed by atoms with van der Waals surface area (Å²) in [6.07, 6.45) is 4.57. The number of Topliss-reactive ketones (excluding diaryl/α,β-unsaturated/α-hetero) is 2. The standard InChI is InChI=1S/C53H80N2O13/c1-10-39-25-32(2)24-33(3)26-45(64-8)49-46(65-9)28-35(5)53(62,68-49)50(59)51(60)55-23-15-14-18-40(55)52(61)67-48(36(6)41(56)30-42(39)57)34(4)27-38-19-20-43(44(29-38)63-7)66-31-47(58)54-22-21-37-16-12-11-13-17-37/h11-13,16-17,25,27,33,35-36,38-41,43-46,48-49,56,62H,10,14-15,18-24,26,28-31H2,1-9H3,(H,54,58)/b32-25+,34-27+/t33-,35+,36+,38-,39+,40-,41-,43+,44+,45?,46-,48+,49+,53+/m0/s1. The second-order valence-electron chi connectivity index (χ2n) is 20.0. The van der Waals surface area contributed by atoms with Crippen LogP contribution in [0, 0.1) is 29.6 Å². The lowest BCUT2D eigenvalue weighted by Gasteiger charge is -2.47. The van der Waals surface area contributed by atoms with Gasteiger partial charge in [0.25, 0.3) is 11.7 Å². The SMILES string of the molecule is CC[C@@H]1/C=C(\C)C[C@H](C)CC(OC)[C@H]2O[C@@](O)(C(=O)C(=O)N3CCCC[C@H]3C(=O)O[C@H](/C(C)=C/[C@@H]3CC[C@@H](OCC(=O)NCCc4ccccc4)[C@H](OC)C3)[C@H](C)[C@@H](O)CC1=O)[C@H](C)C[C@@H]2OC. The lowest BCUT2D eigenvalue weighted by atomic mass is 9.81. The molecule has 1 aliphatic carbocycles. The van der Waals surface area contributed by atoms with Gasteiger partial charge in [-0.3, -0.25) is 19.2 Å². The van der Waals surface area contributed by atoms with Crippen LogP contribution >= 0.6 is 0 Å². The maximum Gasteiger partial charge on any atom is 0.329 e. The van der Waals surface area contributed by atoms with Gasteiger partial charge in [-0.25, -0.2) is 4.79 Å². The number of carbonyl (C=O) groups is 5. The number of hydrogen-bond donors (Lipinski definition) is 3. The van der Waals surface area contributed by atoms with Crippen LogP contribution in [-0.2, 0) is 58.8 Å². The molecule has 2 bridgehead atoms. The molecule has 3 N–H and O–H groups in total. The highest BCUT2D eigenvalue weighted by Crippen LogP contribution is 2.39. The van der Waals surface area contributed by atoms with Crippen molar-refractivity contribution in [3.63, 3.8) is 0 Å². The van der Waals surface area contributed by atoms with Gasteiger partial charge in [0.1, 0.15) is 30.6 Å². The molecule has 15 nitrogen and oxygen atoms in total. The number of hydrogen-bond acceptors (Lipinski definition) is 13. The molecule has 3 fully saturated rings. The molecule has 3 aliphatic heterocycles. The molecule has 380 valence electrons. The van der Waals surface area contributed by atoms with Gasteiger partial charge >= 0.3 is 5.97 Å². The summed E-state index contributed by atoms with van der Waals surface area (Å²) in [5.41, 5.74) is 2.77. The second-order valence-corrected chi connectivity index (χ2v) is 20.0. The van der Waals surface area contributed by atoms with E-state index in [0.29, 0.717) is 69.9 Å². The Balaban J connectivity index is 1.40. The Morgan fingerprint density at radius 2 is 1.60 bits per heavy atom. The number of aliphatic hydroxyl groups excluding tert-OH is 1. The van der Waals surface area contributed by atoms with E-state index in [4.69, 9.17) is 28.4 Å². The minimum atomic E-state index is -2.52. The lowest BCUT2D eigenvalue weighted by molar-refractivity contribution is -0.302. The largest absolute Gasteiger partial charge is 0.456 e. The Morgan fingerprint density at radius 1 is 0.912 bits per heavy atom. The first-order valence-corrected chi connectivity index (χ1v) is 25.0. The molecule has 14 atom stereocenters. The summed E-state index contributed by atoms with van der Waals surface area (Å²) in [4.78, 5) is 71.1. The van der Waals surface area contributed by atoms with Crippen LogP contribution in [-0.4, -0.2) is 140 Å². The Bertz CT molecular complexity index is 1910. The number of methoxy groups -OCH3 is 3. The fourth-order valence-electron chi connectivity index (χ4n) is 10.8. The second kappa shape index (κ2) is 25.9. The van der Waals surface area contributed by atoms with Gasteiger partial charge in [0, 0.05) is 58.6 Å². The summed E-state index contributed by atoms with van der Waals surface area (Å²) < 4.78 is 36.4. The van der Waals surface area contributed by atoms with Crippen molar-refractivity contribution < 1.29 is 62.6 Å². The molecule has 0 aromatic heterocycles. The van der Waals surface area contributed by atoms with Gasteiger partial charge in [0.05, 0.1) is 30.5 Å². The van der Waals surface area contributed by atoms with E-state index in [0.717, 1.165) is 11.1 Å². The van der Waals surface area contributed by atoms with Gasteiger partial charge < -0.3 is 48.9 Å². The van der Waals surface area contributed by atoms with Crippen molar-refractivity contribution in [3.05, 3.63) is 59.2 Å². The van der Waals surface area contributed by atoms with E-state index in [9.17, 15) is 34.2 Å². The number of nitrogens with one attached hydrogen (secondary N) is 1. The number of cyclic esters (lactones) is 1. The van der Waals surface area contributed by atoms with Crippen molar-refractivity contribution in [1.29, 1.82) is 0 Å². The Morgan fingerprint density at radius 3 is 2.28 bits per heavy atom. The van der Waals surface area contributed by atoms with Crippen molar-refractivity contribution in [2.75, 3.05) is 41.0 Å². The van der Waals surface area contributed by atoms with Gasteiger partial charge in [-0.15, -0.1) is 0 Å². The summed E-state index contributed by atoms with van der Waals surface area (Å²) in [6.45, 7) is 11.7. The number of allylic oxidation sites excluding steroid dienone is 3. The molecule has 68 heavy (non-hydrogen) atoms. The van der Waals surface area contributed by atoms with E-state index in [1.165, 1.54) is 19.1 Å². The molecule has 0 radical (unpaired) electrons. The van der Waals surface area contributed by atoms with E-state index in [-0.39, 0.29) is 68.1 Å². The maximum atomic E-state index is 14.5. The van der Waals surface area contributed by atoms with Crippen LogP contribution in [0.15, 0.2) is 53.6 Å². The third-order valence-corrected chi connectivity index (χ3v) is 14.9. The van der Waals surface area contributed by atoms with Gasteiger partial charge in [0.15, 0.2) is 0 Å². The van der Waals surface area contributed by atoms with Crippen LogP contribution in [0.25, 0.3) is 0 Å². The zero-order chi connectivity index (χ0) is 49.7. The molecule has 4 aliphatic rings. The zero-order valence-corrected chi connectivity index (χ0v) is 42.0. The minimum Gasteiger partial charge on any atom is -0.456 e. The van der Waals surface area contributed by atoms with Crippen LogP contribution < -0.4 is 5.32 Å². The van der Waals surface area contributed by atoms with Crippen molar-refractivity contribution >= 4 is 29.4 Å². The fraction of sp³-hybridized carbons (Fsp3) is 0.717. The number of fused-ring (bicyclic) bond motifs is 3. The smallest absolute Gasteiger partial charge is 0.329 e. The Hall–Kier alpha value is -3.83. The third kappa shape index (κ3) is 14.2. The van der Waals surface area contributed by atoms with Gasteiger partial charge in [-0.1, -0.05) is 75.8 Å². The number of ether oxygens (including phenoxy) is 6. The fourth-order valence-corrected chi connectivity index (χ4v) is 10.8. The number of esters is 1. The number of carbonyl (C=O) groups excluding carboxylic acids is 5. The summed E-state index contributed by atoms with van der Waals surface area (Å²) in [5.74, 6) is -7.91. The molecule has 15 heteroatoms. The molecule has 1 unspecified atom stereocenters. The third-order valence-electron chi connectivity index (χ3n) is 14.9. The van der Waals surface area contributed by atoms with Crippen molar-refractivity contribution in [3.8, 4) is 0 Å². The van der Waals surface area contributed by atoms with Crippen molar-refractivity contribution in [2.24, 2.45) is 29.6 Å². The molecule has 2 amide bonds. The highest BCUT2D eigenvalue weighted by Gasteiger charge is 2.56. The maximum absolute atomic E-state index is 14.5. The van der Waals surface area contributed by atoms with E-state index in [1.54, 1.807) is 21.0 Å². The minimum absolute atomic E-state index is 0.0193. The van der Waals surface area contributed by atoms with Crippen LogP contribution in [0.5, 0.6) is 0 Å². The number of rotatable bonds is 12. The highest BCUT2D eigenvalue weighted by molar-refractivity contribution is 6.39. The first-order valence-electron chi connectivity index (χ1n) is 25.0. The normalized spacial score (nSPS) is 36.2. The summed E-state index contributed by atoms with van der Waals surface area (Å²) >= 11 is 0. The zero-order valence-electron chi connectivity index (χ0n) is 42.0. The first-order chi connectivity index (χ1) is 32.4. The van der Waals surface area contributed by atoms with Crippen LogP contribution in [0.4, 0.5) is 0 Å². The van der Waals surface area contributed by atoms with Crippen molar-refractivity contribution in [2.45, 2.75) is 173 Å². The topological polar surface area (TPSA) is 196 Å². The Labute approximate surface area is 404 Å². The quantitative estimate of drug-likeness (QED) is 0.128. The Kier molecular flexibility index (Phi) is 21.0. The lowest BCUT2D eigenvalue weighted by Crippen LogP contribution is -2.64. The summed E-state index contributed by atoms with van der Waals surface area (Å²) in [5, 5.41) is 26.9. The summed E-state index contributed by atoms with van der Waals surface area (Å²) in [6, 6.07) is 8.76. The number of aliphatic hydroxyl groups is 2.